The smallest absolute Gasteiger partial charge is 0.153 e. The van der Waals surface area contributed by atoms with E-state index in [1.54, 1.807) is 24.3 Å². The molecule has 0 aliphatic rings. The first-order chi connectivity index (χ1) is 11.6. The maximum Gasteiger partial charge on any atom is 0.153 e. The normalized spacial score (nSPS) is 12.0. The summed E-state index contributed by atoms with van der Waals surface area (Å²) < 4.78 is 5.68. The molecule has 1 aromatic heterocycles. The third-order valence-corrected chi connectivity index (χ3v) is 3.48. The Morgan fingerprint density at radius 3 is 2.62 bits per heavy atom. The van der Waals surface area contributed by atoms with Crippen molar-refractivity contribution in [1.29, 1.82) is 0 Å². The van der Waals surface area contributed by atoms with E-state index in [9.17, 15) is 5.11 Å². The van der Waals surface area contributed by atoms with Crippen molar-refractivity contribution >= 4 is 23.7 Å². The topological polar surface area (TPSA) is 84.1 Å². The number of aromatic hydroxyl groups is 1. The molecule has 0 atom stereocenters. The monoisotopic (exact) mass is 339 g/mol. The molecule has 0 saturated heterocycles. The molecular weight excluding hydrogens is 326 g/mol. The summed E-state index contributed by atoms with van der Waals surface area (Å²) in [6, 6.07) is 17.4. The zero-order chi connectivity index (χ0) is 16.9. The molecule has 0 unspecified atom stereocenters. The van der Waals surface area contributed by atoms with Crippen molar-refractivity contribution in [3.05, 3.63) is 77.0 Å². The highest BCUT2D eigenvalue weighted by atomic mass is 35.5. The van der Waals surface area contributed by atoms with E-state index >= 15 is 0 Å². The van der Waals surface area contributed by atoms with Gasteiger partial charge < -0.3 is 15.3 Å². The number of hydrogen-bond acceptors (Lipinski definition) is 4. The summed E-state index contributed by atoms with van der Waals surface area (Å²) in [4.78, 5) is 0. The minimum absolute atomic E-state index is 0.166. The van der Waals surface area contributed by atoms with E-state index in [1.165, 1.54) is 18.3 Å². The van der Waals surface area contributed by atoms with Crippen molar-refractivity contribution in [1.82, 2.24) is 0 Å². The van der Waals surface area contributed by atoms with Gasteiger partial charge in [-0.25, -0.2) is 0 Å². The number of amidine groups is 1. The van der Waals surface area contributed by atoms with E-state index < -0.39 is 0 Å². The fourth-order valence-electron chi connectivity index (χ4n) is 2.06. The first kappa shape index (κ1) is 15.8. The number of benzene rings is 2. The predicted molar refractivity (Wildman–Crippen MR) is 95.6 cm³/mol. The third-order valence-electron chi connectivity index (χ3n) is 3.25. The van der Waals surface area contributed by atoms with Crippen LogP contribution in [-0.2, 0) is 0 Å². The van der Waals surface area contributed by atoms with Gasteiger partial charge in [-0.15, -0.1) is 5.10 Å². The molecule has 6 heteroatoms. The fourth-order valence-corrected chi connectivity index (χ4v) is 2.25. The molecular formula is C18H14ClN3O2. The molecule has 5 nitrogen and oxygen atoms in total. The van der Waals surface area contributed by atoms with Crippen LogP contribution < -0.4 is 5.73 Å². The second-order valence-corrected chi connectivity index (χ2v) is 5.43. The van der Waals surface area contributed by atoms with E-state index in [0.29, 0.717) is 22.1 Å². The van der Waals surface area contributed by atoms with Crippen LogP contribution in [0.25, 0.3) is 11.3 Å². The van der Waals surface area contributed by atoms with Crippen LogP contribution in [0.2, 0.25) is 5.02 Å². The first-order valence-electron chi connectivity index (χ1n) is 7.13. The van der Waals surface area contributed by atoms with Crippen LogP contribution in [0.5, 0.6) is 5.75 Å². The molecule has 0 aliphatic heterocycles. The highest BCUT2D eigenvalue weighted by Crippen LogP contribution is 2.24. The van der Waals surface area contributed by atoms with Gasteiger partial charge >= 0.3 is 0 Å². The molecule has 0 amide bonds. The van der Waals surface area contributed by atoms with Gasteiger partial charge in [-0.3, -0.25) is 0 Å². The predicted octanol–water partition coefficient (Wildman–Crippen LogP) is 4.05. The highest BCUT2D eigenvalue weighted by molar-refractivity contribution is 6.30. The summed E-state index contributed by atoms with van der Waals surface area (Å²) in [5, 5.41) is 17.7. The van der Waals surface area contributed by atoms with Gasteiger partial charge in [0.1, 0.15) is 17.3 Å². The number of phenolic OH excluding ortho intramolecular Hbond substituents is 1. The molecule has 2 aromatic carbocycles. The lowest BCUT2D eigenvalue weighted by molar-refractivity contribution is 0.475. The van der Waals surface area contributed by atoms with Crippen LogP contribution in [0.4, 0.5) is 0 Å². The van der Waals surface area contributed by atoms with E-state index in [2.05, 4.69) is 10.2 Å². The highest BCUT2D eigenvalue weighted by Gasteiger charge is 2.04. The lowest BCUT2D eigenvalue weighted by atomic mass is 10.2. The van der Waals surface area contributed by atoms with Crippen molar-refractivity contribution in [2.75, 3.05) is 0 Å². The number of nitrogens with zero attached hydrogens (tertiary/aromatic N) is 2. The van der Waals surface area contributed by atoms with E-state index in [4.69, 9.17) is 21.8 Å². The molecule has 24 heavy (non-hydrogen) atoms. The van der Waals surface area contributed by atoms with Crippen molar-refractivity contribution in [2.24, 2.45) is 15.9 Å². The van der Waals surface area contributed by atoms with Crippen LogP contribution in [0.1, 0.15) is 11.3 Å². The average Bonchev–Trinajstić information content (AvgIpc) is 3.04. The Kier molecular flexibility index (Phi) is 4.63. The quantitative estimate of drug-likeness (QED) is 0.427. The zero-order valence-corrected chi connectivity index (χ0v) is 13.3. The summed E-state index contributed by atoms with van der Waals surface area (Å²) in [6.07, 6.45) is 1.47. The second kappa shape index (κ2) is 7.02. The average molecular weight is 340 g/mol. The minimum atomic E-state index is 0.166. The van der Waals surface area contributed by atoms with Gasteiger partial charge in [-0.2, -0.15) is 5.10 Å². The van der Waals surface area contributed by atoms with E-state index in [-0.39, 0.29) is 11.6 Å². The second-order valence-electron chi connectivity index (χ2n) is 4.99. The molecule has 3 N–H and O–H groups in total. The Morgan fingerprint density at radius 1 is 1.08 bits per heavy atom. The Morgan fingerprint density at radius 2 is 1.88 bits per heavy atom. The van der Waals surface area contributed by atoms with E-state index in [1.807, 2.05) is 24.3 Å². The molecule has 0 spiro atoms. The molecule has 120 valence electrons. The van der Waals surface area contributed by atoms with Gasteiger partial charge in [0.15, 0.2) is 5.84 Å². The van der Waals surface area contributed by atoms with Crippen molar-refractivity contribution < 1.29 is 9.52 Å². The van der Waals surface area contributed by atoms with Crippen molar-refractivity contribution in [2.45, 2.75) is 0 Å². The molecule has 0 aliphatic carbocycles. The number of phenols is 1. The largest absolute Gasteiger partial charge is 0.508 e. The number of halogens is 1. The maximum absolute atomic E-state index is 9.25. The molecule has 0 bridgehead atoms. The maximum atomic E-state index is 9.25. The first-order valence-corrected chi connectivity index (χ1v) is 7.51. The fraction of sp³-hybridized carbons (Fsp3) is 0. The van der Waals surface area contributed by atoms with Crippen LogP contribution in [0.3, 0.4) is 0 Å². The number of furan rings is 1. The zero-order valence-electron chi connectivity index (χ0n) is 12.6. The summed E-state index contributed by atoms with van der Waals surface area (Å²) in [7, 11) is 0. The molecule has 3 rings (SSSR count). The van der Waals surface area contributed by atoms with Crippen LogP contribution in [0.15, 0.2) is 75.3 Å². The molecule has 0 saturated carbocycles. The van der Waals surface area contributed by atoms with Gasteiger partial charge in [0.05, 0.1) is 6.21 Å². The Bertz CT molecular complexity index is 899. The minimum Gasteiger partial charge on any atom is -0.508 e. The van der Waals surface area contributed by atoms with Crippen LogP contribution in [0, 0.1) is 0 Å². The molecule has 3 aromatic rings. The van der Waals surface area contributed by atoms with Crippen molar-refractivity contribution in [3.8, 4) is 17.1 Å². The lowest BCUT2D eigenvalue weighted by Crippen LogP contribution is -2.12. The SMILES string of the molecule is N/C(=N/N=C/c1ccc(-c2cccc(Cl)c2)o1)c1ccc(O)cc1. The molecule has 0 fully saturated rings. The Labute approximate surface area is 143 Å². The standard InChI is InChI=1S/C18H14ClN3O2/c19-14-3-1-2-13(10-14)17-9-8-16(24-17)11-21-22-18(20)12-4-6-15(23)7-5-12/h1-11,23H,(H2,20,22)/b21-11+. The van der Waals surface area contributed by atoms with Gasteiger partial charge in [-0.05, 0) is 48.5 Å². The Hall–Kier alpha value is -3.05. The summed E-state index contributed by atoms with van der Waals surface area (Å²) >= 11 is 5.97. The van der Waals surface area contributed by atoms with Gasteiger partial charge in [0.25, 0.3) is 0 Å². The number of rotatable bonds is 4. The summed E-state index contributed by atoms with van der Waals surface area (Å²) in [5.74, 6) is 1.65. The Balaban J connectivity index is 1.73. The van der Waals surface area contributed by atoms with Gasteiger partial charge in [0.2, 0.25) is 0 Å². The summed E-state index contributed by atoms with van der Waals surface area (Å²) in [5.41, 5.74) is 7.39. The summed E-state index contributed by atoms with van der Waals surface area (Å²) in [6.45, 7) is 0. The number of hydrogen-bond donors (Lipinski definition) is 2. The lowest BCUT2D eigenvalue weighted by Gasteiger charge is -1.98. The van der Waals surface area contributed by atoms with Crippen molar-refractivity contribution in [3.63, 3.8) is 0 Å². The third kappa shape index (κ3) is 3.83. The molecule has 0 radical (unpaired) electrons. The van der Waals surface area contributed by atoms with Crippen LogP contribution >= 0.6 is 11.6 Å². The van der Waals surface area contributed by atoms with E-state index in [0.717, 1.165) is 5.56 Å². The molecule has 1 heterocycles. The van der Waals surface area contributed by atoms with Crippen LogP contribution in [-0.4, -0.2) is 17.2 Å². The van der Waals surface area contributed by atoms with Gasteiger partial charge in [0, 0.05) is 16.1 Å². The van der Waals surface area contributed by atoms with Gasteiger partial charge in [-0.1, -0.05) is 23.7 Å². The number of nitrogens with two attached hydrogens (primary N) is 1.